The molecule has 0 radical (unpaired) electrons. The van der Waals surface area contributed by atoms with E-state index in [4.69, 9.17) is 0 Å². The Kier molecular flexibility index (Phi) is 8.82. The Morgan fingerprint density at radius 3 is 1.51 bits per heavy atom. The van der Waals surface area contributed by atoms with Crippen LogP contribution in [0, 0.1) is 0 Å². The van der Waals surface area contributed by atoms with Gasteiger partial charge in [0.1, 0.15) is 0 Å². The van der Waals surface area contributed by atoms with Crippen molar-refractivity contribution in [3.8, 4) is 22.3 Å². The Morgan fingerprint density at radius 2 is 0.886 bits per heavy atom. The molecule has 0 atom stereocenters. The highest BCUT2D eigenvalue weighted by atomic mass is 15.2. The molecule has 2 nitrogen and oxygen atoms in total. The summed E-state index contributed by atoms with van der Waals surface area (Å²) in [7, 11) is 0. The third-order valence-electron chi connectivity index (χ3n) is 19.8. The number of fused-ring (bicyclic) bond motifs is 12. The summed E-state index contributed by atoms with van der Waals surface area (Å²) >= 11 is 0. The molecule has 0 N–H and O–H groups in total. The van der Waals surface area contributed by atoms with Gasteiger partial charge in [0.05, 0.1) is 0 Å². The summed E-state index contributed by atoms with van der Waals surface area (Å²) in [6.07, 6.45) is 7.11. The van der Waals surface area contributed by atoms with Gasteiger partial charge in [0.15, 0.2) is 0 Å². The molecule has 0 spiro atoms. The van der Waals surface area contributed by atoms with Gasteiger partial charge in [-0.1, -0.05) is 164 Å². The minimum Gasteiger partial charge on any atom is -0.376 e. The zero-order chi connectivity index (χ0) is 49.0. The van der Waals surface area contributed by atoms with Crippen molar-refractivity contribution in [1.29, 1.82) is 0 Å². The molecule has 0 bridgehead atoms. The number of anilines is 5. The van der Waals surface area contributed by atoms with Gasteiger partial charge in [-0.25, -0.2) is 0 Å². The van der Waals surface area contributed by atoms with E-state index in [2.05, 4.69) is 222 Å². The fourth-order valence-corrected chi connectivity index (χ4v) is 15.0. The smallest absolute Gasteiger partial charge is 0.333 e. The summed E-state index contributed by atoms with van der Waals surface area (Å²) < 4.78 is 0. The summed E-state index contributed by atoms with van der Waals surface area (Å²) in [6.45, 7) is 34.7. The van der Waals surface area contributed by atoms with E-state index in [0.717, 1.165) is 0 Å². The van der Waals surface area contributed by atoms with Crippen LogP contribution in [-0.2, 0) is 37.9 Å². The Hall–Kier alpha value is -5.54. The van der Waals surface area contributed by atoms with Crippen LogP contribution in [0.25, 0.3) is 33.0 Å². The molecule has 0 fully saturated rings. The second kappa shape index (κ2) is 13.9. The molecule has 7 aromatic rings. The van der Waals surface area contributed by atoms with Crippen molar-refractivity contribution in [2.24, 2.45) is 0 Å². The highest BCUT2D eigenvalue weighted by Crippen LogP contribution is 2.58. The maximum Gasteiger partial charge on any atom is 0.333 e. The minimum absolute atomic E-state index is 0.0353. The predicted octanol–water partition coefficient (Wildman–Crippen LogP) is 16.9. The monoisotopic (exact) mass is 917 g/mol. The third kappa shape index (κ3) is 5.93. The van der Waals surface area contributed by atoms with Crippen LogP contribution in [-0.4, -0.2) is 6.85 Å². The van der Waals surface area contributed by atoms with Gasteiger partial charge >= 0.3 is 6.85 Å². The van der Waals surface area contributed by atoms with Gasteiger partial charge < -0.3 is 9.71 Å². The third-order valence-corrected chi connectivity index (χ3v) is 19.8. The molecule has 0 saturated heterocycles. The fraction of sp³-hybridized carbons (Fsp3) is 0.403. The lowest BCUT2D eigenvalue weighted by Crippen LogP contribution is -2.62. The van der Waals surface area contributed by atoms with E-state index < -0.39 is 0 Å². The van der Waals surface area contributed by atoms with Crippen LogP contribution in [0.3, 0.4) is 0 Å². The van der Waals surface area contributed by atoms with Crippen molar-refractivity contribution in [2.75, 3.05) is 9.71 Å². The van der Waals surface area contributed by atoms with E-state index in [0.29, 0.717) is 0 Å². The van der Waals surface area contributed by atoms with E-state index in [1.165, 1.54) is 155 Å². The van der Waals surface area contributed by atoms with Crippen LogP contribution in [0.4, 0.5) is 28.4 Å². The number of nitrogens with zero attached hydrogens (tertiary/aromatic N) is 2. The Labute approximate surface area is 420 Å². The topological polar surface area (TPSA) is 6.48 Å². The molecule has 354 valence electrons. The molecule has 4 aliphatic carbocycles. The van der Waals surface area contributed by atoms with E-state index in [-0.39, 0.29) is 44.8 Å². The van der Waals surface area contributed by atoms with Gasteiger partial charge in [-0.05, 0) is 202 Å². The van der Waals surface area contributed by atoms with Gasteiger partial charge in [-0.3, -0.25) is 0 Å². The van der Waals surface area contributed by atoms with Gasteiger partial charge in [0.25, 0.3) is 0 Å². The molecule has 0 aromatic heterocycles. The summed E-state index contributed by atoms with van der Waals surface area (Å²) in [6, 6.07) is 47.1. The lowest BCUT2D eigenvalue weighted by atomic mass is 9.42. The summed E-state index contributed by atoms with van der Waals surface area (Å²) in [5.41, 5.74) is 27.0. The molecule has 0 amide bonds. The van der Waals surface area contributed by atoms with Crippen molar-refractivity contribution in [1.82, 2.24) is 0 Å². The lowest BCUT2D eigenvalue weighted by Gasteiger charge is -2.49. The lowest BCUT2D eigenvalue weighted by molar-refractivity contribution is 0.332. The SMILES string of the molecule is CC1(C)CCC(C)(C)c2cc(N3B4c5cc6c(cc5N(c5ccc7c(c5)C(C)(C)CCC7(C)C)c5cc7ccccc7c(c54)-c4cc5c(cc43)-c3ccccc3C5(C)C)C(C)(C)CCC6(C)C)ccc21. The number of hydrogen-bond donors (Lipinski definition) is 0. The normalized spacial score (nSPS) is 21.4. The van der Waals surface area contributed by atoms with Gasteiger partial charge in [-0.2, -0.15) is 0 Å². The van der Waals surface area contributed by atoms with Crippen LogP contribution in [0.2, 0.25) is 0 Å². The highest BCUT2D eigenvalue weighted by molar-refractivity contribution is 6.94. The van der Waals surface area contributed by atoms with Crippen molar-refractivity contribution >= 4 is 57.0 Å². The van der Waals surface area contributed by atoms with E-state index >= 15 is 0 Å². The Morgan fingerprint density at radius 1 is 0.371 bits per heavy atom. The van der Waals surface area contributed by atoms with Gasteiger partial charge in [0, 0.05) is 39.4 Å². The molecule has 6 aliphatic rings. The molecule has 3 heteroatoms. The van der Waals surface area contributed by atoms with Crippen molar-refractivity contribution in [3.63, 3.8) is 0 Å². The average Bonchev–Trinajstić information content (AvgIpc) is 3.54. The number of benzene rings is 7. The van der Waals surface area contributed by atoms with E-state index in [1.807, 2.05) is 0 Å². The van der Waals surface area contributed by atoms with Gasteiger partial charge in [0.2, 0.25) is 0 Å². The molecule has 7 aromatic carbocycles. The Balaban J connectivity index is 1.20. The Bertz CT molecular complexity index is 3440. The van der Waals surface area contributed by atoms with Gasteiger partial charge in [-0.15, -0.1) is 0 Å². The van der Waals surface area contributed by atoms with Crippen LogP contribution < -0.4 is 20.6 Å². The zero-order valence-electron chi connectivity index (χ0n) is 44.7. The van der Waals surface area contributed by atoms with Crippen molar-refractivity contribution in [2.45, 2.75) is 173 Å². The van der Waals surface area contributed by atoms with Crippen LogP contribution in [0.1, 0.15) is 180 Å². The maximum atomic E-state index is 2.84. The summed E-state index contributed by atoms with van der Waals surface area (Å²) in [5.74, 6) is 0. The number of hydrogen-bond acceptors (Lipinski definition) is 2. The molecular weight excluding hydrogens is 844 g/mol. The molecule has 0 unspecified atom stereocenters. The maximum absolute atomic E-state index is 2.84. The molecular formula is C67H73BN2. The largest absolute Gasteiger partial charge is 0.376 e. The molecule has 70 heavy (non-hydrogen) atoms. The molecule has 0 saturated carbocycles. The van der Waals surface area contributed by atoms with Crippen LogP contribution >= 0.6 is 0 Å². The molecule has 2 heterocycles. The first kappa shape index (κ1) is 44.4. The molecule has 13 rings (SSSR count). The summed E-state index contributed by atoms with van der Waals surface area (Å²) in [4.78, 5) is 5.58. The summed E-state index contributed by atoms with van der Waals surface area (Å²) in [5, 5.41) is 2.63. The predicted molar refractivity (Wildman–Crippen MR) is 301 cm³/mol. The quantitative estimate of drug-likeness (QED) is 0.159. The molecule has 2 aliphatic heterocycles. The second-order valence-corrected chi connectivity index (χ2v) is 27.3. The van der Waals surface area contributed by atoms with Crippen molar-refractivity contribution in [3.05, 3.63) is 160 Å². The highest BCUT2D eigenvalue weighted by Gasteiger charge is 2.50. The first-order valence-electron chi connectivity index (χ1n) is 26.8. The van der Waals surface area contributed by atoms with Crippen molar-refractivity contribution < 1.29 is 0 Å². The van der Waals surface area contributed by atoms with E-state index in [9.17, 15) is 0 Å². The fourth-order valence-electron chi connectivity index (χ4n) is 15.0. The first-order chi connectivity index (χ1) is 32.9. The van der Waals surface area contributed by atoms with Crippen LogP contribution in [0.15, 0.2) is 115 Å². The second-order valence-electron chi connectivity index (χ2n) is 27.3. The average molecular weight is 917 g/mol. The first-order valence-corrected chi connectivity index (χ1v) is 26.8. The van der Waals surface area contributed by atoms with Crippen LogP contribution in [0.5, 0.6) is 0 Å². The zero-order valence-corrected chi connectivity index (χ0v) is 44.7. The number of rotatable bonds is 2. The minimum atomic E-state index is -0.144. The standard InChI is InChI=1S/C67H73BN2/c1-61(2)27-29-63(5,6)51-34-41(23-25-48(51)61)69-57-39-54-53(65(9,10)31-32-66(54,11)12)38-55(57)68-60-58(69)33-40-19-15-16-20-43(40)59(60)46-36-50-45(44-21-17-18-22-47(44)67(50,13)14)37-56(46)70(68)42-24-26-49-52(35-42)64(7,8)30-28-62(49,3)4/h15-26,33-39H,27-32H2,1-14H3. The van der Waals surface area contributed by atoms with E-state index in [1.54, 1.807) is 0 Å².